The fourth-order valence-electron chi connectivity index (χ4n) is 3.93. The molecule has 0 radical (unpaired) electrons. The second-order valence-electron chi connectivity index (χ2n) is 8.17. The molecular formula is C22H35IN4O. The number of likely N-dealkylation sites (tertiary alicyclic amines) is 1. The van der Waals surface area contributed by atoms with Crippen LogP contribution in [0.2, 0.25) is 0 Å². The van der Waals surface area contributed by atoms with Crippen LogP contribution in [0.15, 0.2) is 39.7 Å². The molecule has 0 spiro atoms. The summed E-state index contributed by atoms with van der Waals surface area (Å²) in [6.45, 7) is 11.3. The maximum absolute atomic E-state index is 5.97. The number of benzene rings is 1. The number of rotatable bonds is 6. The minimum absolute atomic E-state index is 0. The van der Waals surface area contributed by atoms with Crippen LogP contribution in [0.3, 0.4) is 0 Å². The summed E-state index contributed by atoms with van der Waals surface area (Å²) in [5, 5.41) is 8.11. The van der Waals surface area contributed by atoms with Crippen LogP contribution in [0.1, 0.15) is 45.4 Å². The lowest BCUT2D eigenvalue weighted by Crippen LogP contribution is -2.45. The minimum atomic E-state index is 0. The van der Waals surface area contributed by atoms with E-state index in [1.54, 1.807) is 0 Å². The molecule has 1 fully saturated rings. The van der Waals surface area contributed by atoms with E-state index in [0.29, 0.717) is 5.92 Å². The maximum atomic E-state index is 5.97. The highest BCUT2D eigenvalue weighted by Crippen LogP contribution is 2.23. The van der Waals surface area contributed by atoms with Gasteiger partial charge in [-0.05, 0) is 50.3 Å². The highest BCUT2D eigenvalue weighted by Gasteiger charge is 2.21. The fourth-order valence-corrected chi connectivity index (χ4v) is 3.93. The van der Waals surface area contributed by atoms with Crippen molar-refractivity contribution < 1.29 is 4.42 Å². The van der Waals surface area contributed by atoms with Crippen molar-refractivity contribution in [1.82, 2.24) is 15.5 Å². The minimum Gasteiger partial charge on any atom is -0.459 e. The molecule has 0 bridgehead atoms. The number of guanidine groups is 1. The van der Waals surface area contributed by atoms with Gasteiger partial charge in [0.05, 0.1) is 6.04 Å². The van der Waals surface area contributed by atoms with Gasteiger partial charge in [-0.15, -0.1) is 24.0 Å². The third kappa shape index (κ3) is 6.37. The van der Waals surface area contributed by atoms with Crippen molar-refractivity contribution in [2.24, 2.45) is 16.8 Å². The Labute approximate surface area is 186 Å². The summed E-state index contributed by atoms with van der Waals surface area (Å²) in [6, 6.07) is 10.3. The highest BCUT2D eigenvalue weighted by molar-refractivity contribution is 14.0. The first-order chi connectivity index (χ1) is 13.0. The molecule has 1 aliphatic rings. The van der Waals surface area contributed by atoms with Crippen molar-refractivity contribution in [2.75, 3.05) is 33.2 Å². The van der Waals surface area contributed by atoms with Crippen LogP contribution in [0.4, 0.5) is 0 Å². The molecule has 0 aliphatic carbocycles. The standard InChI is InChI=1S/C22H34N4O.HI/c1-16(2)14-26-11-7-8-18(15-26)13-24-22(23-4)25-17(3)21-12-19-9-5-6-10-20(19)27-21;/h5-6,9-10,12,16-18H,7-8,11,13-15H2,1-4H3,(H2,23,24,25);1H. The summed E-state index contributed by atoms with van der Waals surface area (Å²) in [7, 11) is 1.83. The van der Waals surface area contributed by atoms with E-state index in [0.717, 1.165) is 35.2 Å². The SMILES string of the molecule is CN=C(NCC1CCCN(CC(C)C)C1)NC(C)c1cc2ccccc2o1.I. The molecule has 1 aliphatic heterocycles. The number of nitrogens with one attached hydrogen (secondary N) is 2. The second kappa shape index (κ2) is 11.0. The highest BCUT2D eigenvalue weighted by atomic mass is 127. The monoisotopic (exact) mass is 498 g/mol. The van der Waals surface area contributed by atoms with Crippen LogP contribution in [0, 0.1) is 11.8 Å². The maximum Gasteiger partial charge on any atom is 0.191 e. The van der Waals surface area contributed by atoms with E-state index in [9.17, 15) is 0 Å². The smallest absolute Gasteiger partial charge is 0.191 e. The Morgan fingerprint density at radius 3 is 2.79 bits per heavy atom. The first-order valence-corrected chi connectivity index (χ1v) is 10.2. The predicted molar refractivity (Wildman–Crippen MR) is 129 cm³/mol. The molecule has 0 amide bonds. The van der Waals surface area contributed by atoms with Gasteiger partial charge in [-0.1, -0.05) is 32.0 Å². The molecule has 2 aromatic rings. The Kier molecular flexibility index (Phi) is 9.08. The van der Waals surface area contributed by atoms with E-state index in [4.69, 9.17) is 4.42 Å². The molecule has 2 N–H and O–H groups in total. The number of para-hydroxylation sites is 1. The predicted octanol–water partition coefficient (Wildman–Crippen LogP) is 4.64. The van der Waals surface area contributed by atoms with Crippen LogP contribution in [0.25, 0.3) is 11.0 Å². The van der Waals surface area contributed by atoms with Crippen molar-refractivity contribution in [3.05, 3.63) is 36.1 Å². The number of hydrogen-bond acceptors (Lipinski definition) is 3. The third-order valence-corrected chi connectivity index (χ3v) is 5.23. The number of furan rings is 1. The van der Waals surface area contributed by atoms with Gasteiger partial charge in [-0.3, -0.25) is 4.99 Å². The molecule has 1 aromatic carbocycles. The van der Waals surface area contributed by atoms with Gasteiger partial charge in [-0.2, -0.15) is 0 Å². The summed E-state index contributed by atoms with van der Waals surface area (Å²) in [5.41, 5.74) is 0.927. The molecule has 2 unspecified atom stereocenters. The number of hydrogen-bond donors (Lipinski definition) is 2. The Morgan fingerprint density at radius 1 is 1.29 bits per heavy atom. The van der Waals surface area contributed by atoms with Gasteiger partial charge in [0.1, 0.15) is 11.3 Å². The van der Waals surface area contributed by atoms with Gasteiger partial charge < -0.3 is 20.0 Å². The molecule has 6 heteroatoms. The van der Waals surface area contributed by atoms with Gasteiger partial charge in [0.25, 0.3) is 0 Å². The van der Waals surface area contributed by atoms with Crippen molar-refractivity contribution in [3.63, 3.8) is 0 Å². The molecule has 28 heavy (non-hydrogen) atoms. The number of nitrogens with zero attached hydrogens (tertiary/aromatic N) is 2. The Morgan fingerprint density at radius 2 is 2.07 bits per heavy atom. The zero-order valence-electron chi connectivity index (χ0n) is 17.6. The summed E-state index contributed by atoms with van der Waals surface area (Å²) < 4.78 is 5.97. The third-order valence-electron chi connectivity index (χ3n) is 5.23. The van der Waals surface area contributed by atoms with Gasteiger partial charge in [0, 0.05) is 32.1 Å². The van der Waals surface area contributed by atoms with Crippen LogP contribution in [0.5, 0.6) is 0 Å². The largest absolute Gasteiger partial charge is 0.459 e. The lowest BCUT2D eigenvalue weighted by molar-refractivity contribution is 0.159. The van der Waals surface area contributed by atoms with E-state index in [1.165, 1.54) is 32.5 Å². The van der Waals surface area contributed by atoms with E-state index in [-0.39, 0.29) is 30.0 Å². The lowest BCUT2D eigenvalue weighted by Gasteiger charge is -2.34. The van der Waals surface area contributed by atoms with Crippen molar-refractivity contribution in [3.8, 4) is 0 Å². The van der Waals surface area contributed by atoms with Crippen molar-refractivity contribution in [1.29, 1.82) is 0 Å². The zero-order valence-corrected chi connectivity index (χ0v) is 19.9. The fraction of sp³-hybridized carbons (Fsp3) is 0.591. The Balaban J connectivity index is 0.00000280. The quantitative estimate of drug-likeness (QED) is 0.346. The number of fused-ring (bicyclic) bond motifs is 1. The van der Waals surface area contributed by atoms with Crippen LogP contribution in [-0.4, -0.2) is 44.1 Å². The van der Waals surface area contributed by atoms with Crippen molar-refractivity contribution >= 4 is 40.9 Å². The molecule has 2 heterocycles. The summed E-state index contributed by atoms with van der Waals surface area (Å²) in [6.07, 6.45) is 2.58. The summed E-state index contributed by atoms with van der Waals surface area (Å²) in [5.74, 6) is 3.18. The molecule has 5 nitrogen and oxygen atoms in total. The second-order valence-corrected chi connectivity index (χ2v) is 8.17. The average Bonchev–Trinajstić information content (AvgIpc) is 3.09. The zero-order chi connectivity index (χ0) is 19.2. The van der Waals surface area contributed by atoms with Gasteiger partial charge in [0.2, 0.25) is 0 Å². The first kappa shape index (κ1) is 23.0. The summed E-state index contributed by atoms with van der Waals surface area (Å²) in [4.78, 5) is 7.00. The number of piperidine rings is 1. The topological polar surface area (TPSA) is 52.8 Å². The van der Waals surface area contributed by atoms with E-state index >= 15 is 0 Å². The van der Waals surface area contributed by atoms with Crippen LogP contribution >= 0.6 is 24.0 Å². The Hall–Kier alpha value is -1.28. The first-order valence-electron chi connectivity index (χ1n) is 10.2. The van der Waals surface area contributed by atoms with E-state index in [1.807, 2.05) is 25.2 Å². The molecule has 156 valence electrons. The summed E-state index contributed by atoms with van der Waals surface area (Å²) >= 11 is 0. The normalized spacial score (nSPS) is 19.5. The average molecular weight is 498 g/mol. The van der Waals surface area contributed by atoms with E-state index in [2.05, 4.69) is 53.4 Å². The lowest BCUT2D eigenvalue weighted by atomic mass is 9.97. The number of aliphatic imine (C=N–C) groups is 1. The molecular weight excluding hydrogens is 463 g/mol. The van der Waals surface area contributed by atoms with E-state index < -0.39 is 0 Å². The molecule has 2 atom stereocenters. The van der Waals surface area contributed by atoms with Gasteiger partial charge >= 0.3 is 0 Å². The number of halogens is 1. The Bertz CT molecular complexity index is 725. The van der Waals surface area contributed by atoms with Crippen LogP contribution in [-0.2, 0) is 0 Å². The molecule has 1 aromatic heterocycles. The van der Waals surface area contributed by atoms with Crippen molar-refractivity contribution in [2.45, 2.75) is 39.7 Å². The molecule has 3 rings (SSSR count). The molecule has 1 saturated heterocycles. The van der Waals surface area contributed by atoms with Gasteiger partial charge in [0.15, 0.2) is 5.96 Å². The molecule has 0 saturated carbocycles. The van der Waals surface area contributed by atoms with Gasteiger partial charge in [-0.25, -0.2) is 0 Å². The van der Waals surface area contributed by atoms with Crippen LogP contribution < -0.4 is 10.6 Å².